The molecule has 9 heteroatoms. The SMILES string of the molecule is CCOC(=O)C(C)CN(C1CC1)S(=O)(=O)c1ccc2[nH]c(=O)oc2c1. The van der Waals surface area contributed by atoms with Crippen molar-refractivity contribution >= 4 is 27.1 Å². The maximum absolute atomic E-state index is 13.0. The number of H-pyrrole nitrogens is 1. The number of hydrogen-bond acceptors (Lipinski definition) is 6. The first-order valence-electron chi connectivity index (χ1n) is 8.14. The highest BCUT2D eigenvalue weighted by Crippen LogP contribution is 2.33. The lowest BCUT2D eigenvalue weighted by Crippen LogP contribution is -2.39. The number of nitrogens with one attached hydrogen (secondary N) is 1. The second kappa shape index (κ2) is 6.64. The third-order valence-electron chi connectivity index (χ3n) is 4.10. The van der Waals surface area contributed by atoms with Gasteiger partial charge in [-0.05, 0) is 31.9 Å². The molecule has 1 aliphatic carbocycles. The van der Waals surface area contributed by atoms with Crippen LogP contribution in [-0.4, -0.2) is 42.9 Å². The van der Waals surface area contributed by atoms with Crippen molar-refractivity contribution in [2.24, 2.45) is 5.92 Å². The molecule has 1 fully saturated rings. The van der Waals surface area contributed by atoms with E-state index < -0.39 is 27.7 Å². The van der Waals surface area contributed by atoms with Crippen molar-refractivity contribution < 1.29 is 22.4 Å². The first-order chi connectivity index (χ1) is 11.8. The quantitative estimate of drug-likeness (QED) is 0.741. The van der Waals surface area contributed by atoms with E-state index in [0.29, 0.717) is 5.52 Å². The van der Waals surface area contributed by atoms with Crippen molar-refractivity contribution in [2.45, 2.75) is 37.6 Å². The van der Waals surface area contributed by atoms with Crippen LogP contribution in [0.25, 0.3) is 11.1 Å². The summed E-state index contributed by atoms with van der Waals surface area (Å²) in [6.07, 6.45) is 1.52. The molecule has 0 saturated heterocycles. The number of benzene rings is 1. The Balaban J connectivity index is 1.90. The van der Waals surface area contributed by atoms with Gasteiger partial charge in [-0.3, -0.25) is 9.78 Å². The predicted molar refractivity (Wildman–Crippen MR) is 89.5 cm³/mol. The van der Waals surface area contributed by atoms with Gasteiger partial charge in [-0.2, -0.15) is 4.31 Å². The molecule has 1 aliphatic rings. The Morgan fingerprint density at radius 2 is 2.16 bits per heavy atom. The van der Waals surface area contributed by atoms with Gasteiger partial charge < -0.3 is 9.15 Å². The molecule has 0 radical (unpaired) electrons. The highest BCUT2D eigenvalue weighted by Gasteiger charge is 2.40. The van der Waals surface area contributed by atoms with Gasteiger partial charge in [0.1, 0.15) is 0 Å². The highest BCUT2D eigenvalue weighted by atomic mass is 32.2. The molecule has 0 bridgehead atoms. The number of sulfonamides is 1. The van der Waals surface area contributed by atoms with Gasteiger partial charge in [-0.25, -0.2) is 13.2 Å². The predicted octanol–water partition coefficient (Wildman–Crippen LogP) is 1.47. The monoisotopic (exact) mass is 368 g/mol. The second-order valence-electron chi connectivity index (χ2n) is 6.13. The Hall–Kier alpha value is -2.13. The van der Waals surface area contributed by atoms with Crippen LogP contribution in [0.4, 0.5) is 0 Å². The van der Waals surface area contributed by atoms with Gasteiger partial charge in [0.05, 0.1) is 22.9 Å². The fraction of sp³-hybridized carbons (Fsp3) is 0.500. The number of aromatic nitrogens is 1. The lowest BCUT2D eigenvalue weighted by Gasteiger charge is -2.24. The Morgan fingerprint density at radius 3 is 2.80 bits per heavy atom. The van der Waals surface area contributed by atoms with Crippen molar-refractivity contribution in [3.05, 3.63) is 28.7 Å². The summed E-state index contributed by atoms with van der Waals surface area (Å²) in [5.41, 5.74) is 0.613. The molecule has 1 aromatic heterocycles. The van der Waals surface area contributed by atoms with Gasteiger partial charge in [0.15, 0.2) is 5.58 Å². The number of oxazole rings is 1. The van der Waals surface area contributed by atoms with Crippen molar-refractivity contribution in [3.63, 3.8) is 0 Å². The molecule has 1 heterocycles. The van der Waals surface area contributed by atoms with Crippen LogP contribution in [0.2, 0.25) is 0 Å². The van der Waals surface area contributed by atoms with Crippen LogP contribution in [0.3, 0.4) is 0 Å². The van der Waals surface area contributed by atoms with Gasteiger partial charge >= 0.3 is 11.7 Å². The number of fused-ring (bicyclic) bond motifs is 1. The van der Waals surface area contributed by atoms with Gasteiger partial charge in [-0.1, -0.05) is 6.92 Å². The lowest BCUT2D eigenvalue weighted by molar-refractivity contribution is -0.147. The summed E-state index contributed by atoms with van der Waals surface area (Å²) in [5, 5.41) is 0. The zero-order valence-electron chi connectivity index (χ0n) is 14.0. The Labute approximate surface area is 144 Å². The van der Waals surface area contributed by atoms with Crippen LogP contribution in [0.5, 0.6) is 0 Å². The number of carbonyl (C=O) groups excluding carboxylic acids is 1. The number of aromatic amines is 1. The summed E-state index contributed by atoms with van der Waals surface area (Å²) < 4.78 is 37.3. The number of rotatable bonds is 7. The molecule has 0 aliphatic heterocycles. The van der Waals surface area contributed by atoms with E-state index in [1.165, 1.54) is 22.5 Å². The van der Waals surface area contributed by atoms with E-state index in [1.807, 2.05) is 0 Å². The number of ether oxygens (including phenoxy) is 1. The summed E-state index contributed by atoms with van der Waals surface area (Å²) in [6, 6.07) is 4.13. The molecular formula is C16H20N2O6S. The van der Waals surface area contributed by atoms with E-state index >= 15 is 0 Å². The summed E-state index contributed by atoms with van der Waals surface area (Å²) in [7, 11) is -3.81. The molecule has 1 aromatic carbocycles. The third kappa shape index (κ3) is 3.62. The molecule has 0 amide bonds. The van der Waals surface area contributed by atoms with Gasteiger partial charge in [0, 0.05) is 18.7 Å². The number of carbonyl (C=O) groups is 1. The van der Waals surface area contributed by atoms with Crippen LogP contribution in [0.15, 0.2) is 32.3 Å². The summed E-state index contributed by atoms with van der Waals surface area (Å²) in [5.74, 6) is -1.63. The molecule has 1 unspecified atom stereocenters. The zero-order chi connectivity index (χ0) is 18.2. The zero-order valence-corrected chi connectivity index (χ0v) is 14.8. The van der Waals surface area contributed by atoms with Crippen LogP contribution < -0.4 is 5.76 Å². The van der Waals surface area contributed by atoms with Gasteiger partial charge in [-0.15, -0.1) is 0 Å². The molecule has 2 aromatic rings. The summed E-state index contributed by atoms with van der Waals surface area (Å²) in [6.45, 7) is 3.67. The van der Waals surface area contributed by atoms with Crippen LogP contribution in [-0.2, 0) is 19.6 Å². The molecule has 1 N–H and O–H groups in total. The average molecular weight is 368 g/mol. The fourth-order valence-electron chi connectivity index (χ4n) is 2.66. The summed E-state index contributed by atoms with van der Waals surface area (Å²) in [4.78, 5) is 25.6. The molecule has 25 heavy (non-hydrogen) atoms. The minimum atomic E-state index is -3.81. The second-order valence-corrected chi connectivity index (χ2v) is 8.02. The van der Waals surface area contributed by atoms with Gasteiger partial charge in [0.2, 0.25) is 10.0 Å². The standard InChI is InChI=1S/C16H20N2O6S/c1-3-23-15(19)10(2)9-18(11-4-5-11)25(21,22)12-6-7-13-14(8-12)24-16(20)17-13/h6-8,10-11H,3-5,9H2,1-2H3,(H,17,20). The van der Waals surface area contributed by atoms with Crippen LogP contribution in [0, 0.1) is 5.92 Å². The third-order valence-corrected chi connectivity index (χ3v) is 6.01. The normalized spacial score (nSPS) is 16.3. The minimum Gasteiger partial charge on any atom is -0.466 e. The van der Waals surface area contributed by atoms with Crippen molar-refractivity contribution in [3.8, 4) is 0 Å². The fourth-order valence-corrected chi connectivity index (χ4v) is 4.45. The van der Waals surface area contributed by atoms with Crippen molar-refractivity contribution in [2.75, 3.05) is 13.2 Å². The molecule has 8 nitrogen and oxygen atoms in total. The maximum atomic E-state index is 13.0. The lowest BCUT2D eigenvalue weighted by atomic mass is 10.2. The van der Waals surface area contributed by atoms with Crippen molar-refractivity contribution in [1.29, 1.82) is 0 Å². The smallest absolute Gasteiger partial charge is 0.417 e. The largest absolute Gasteiger partial charge is 0.466 e. The molecule has 1 atom stereocenters. The van der Waals surface area contributed by atoms with E-state index in [0.717, 1.165) is 12.8 Å². The maximum Gasteiger partial charge on any atom is 0.417 e. The molecule has 1 saturated carbocycles. The Morgan fingerprint density at radius 1 is 1.44 bits per heavy atom. The number of hydrogen-bond donors (Lipinski definition) is 1. The number of nitrogens with zero attached hydrogens (tertiary/aromatic N) is 1. The molecule has 3 rings (SSSR count). The highest BCUT2D eigenvalue weighted by molar-refractivity contribution is 7.89. The van der Waals surface area contributed by atoms with Crippen LogP contribution >= 0.6 is 0 Å². The van der Waals surface area contributed by atoms with E-state index in [9.17, 15) is 18.0 Å². The molecular weight excluding hydrogens is 348 g/mol. The van der Waals surface area contributed by atoms with Gasteiger partial charge in [0.25, 0.3) is 0 Å². The molecule has 136 valence electrons. The Bertz CT molecular complexity index is 941. The number of esters is 1. The van der Waals surface area contributed by atoms with E-state index in [-0.39, 0.29) is 29.7 Å². The molecule has 0 spiro atoms. The summed E-state index contributed by atoms with van der Waals surface area (Å²) >= 11 is 0. The Kier molecular flexibility index (Phi) is 4.70. The first-order valence-corrected chi connectivity index (χ1v) is 9.58. The topological polar surface area (TPSA) is 110 Å². The van der Waals surface area contributed by atoms with E-state index in [4.69, 9.17) is 9.15 Å². The van der Waals surface area contributed by atoms with E-state index in [2.05, 4.69) is 4.98 Å². The van der Waals surface area contributed by atoms with Crippen LogP contribution in [0.1, 0.15) is 26.7 Å². The van der Waals surface area contributed by atoms with Crippen molar-refractivity contribution in [1.82, 2.24) is 9.29 Å². The van der Waals surface area contributed by atoms with E-state index in [1.54, 1.807) is 13.8 Å². The first kappa shape index (κ1) is 17.7. The average Bonchev–Trinajstić information content (AvgIpc) is 3.32. The minimum absolute atomic E-state index is 0.0331.